The van der Waals surface area contributed by atoms with Crippen molar-refractivity contribution >= 4 is 11.9 Å². The van der Waals surface area contributed by atoms with Crippen LogP contribution >= 0.6 is 0 Å². The predicted molar refractivity (Wildman–Crippen MR) is 72.1 cm³/mol. The van der Waals surface area contributed by atoms with Crippen LogP contribution < -0.4 is 5.32 Å². The lowest BCUT2D eigenvalue weighted by Gasteiger charge is -2.28. The van der Waals surface area contributed by atoms with Crippen molar-refractivity contribution in [3.63, 3.8) is 0 Å². The first-order chi connectivity index (χ1) is 8.86. The number of carbonyl (C=O) groups is 2. The Kier molecular flexibility index (Phi) is 4.64. The van der Waals surface area contributed by atoms with Crippen molar-refractivity contribution in [1.82, 2.24) is 10.3 Å². The number of carboxylic acid groups (broad SMARTS) is 1. The Hall–Kier alpha value is -1.91. The van der Waals surface area contributed by atoms with Crippen molar-refractivity contribution < 1.29 is 14.7 Å². The van der Waals surface area contributed by atoms with Crippen molar-refractivity contribution in [2.75, 3.05) is 0 Å². The minimum atomic E-state index is -1.21. The zero-order valence-electron chi connectivity index (χ0n) is 11.8. The van der Waals surface area contributed by atoms with Gasteiger partial charge in [-0.2, -0.15) is 0 Å². The van der Waals surface area contributed by atoms with Gasteiger partial charge in [-0.15, -0.1) is 0 Å². The van der Waals surface area contributed by atoms with Crippen LogP contribution in [0.15, 0.2) is 12.1 Å². The molecule has 0 atom stereocenters. The lowest BCUT2D eigenvalue weighted by Crippen LogP contribution is -2.53. The summed E-state index contributed by atoms with van der Waals surface area (Å²) in [6.07, 6.45) is 0.672. The molecular formula is C14H20N2O3. The van der Waals surface area contributed by atoms with Crippen LogP contribution in [0, 0.1) is 13.8 Å². The van der Waals surface area contributed by atoms with Gasteiger partial charge in [0.1, 0.15) is 5.54 Å². The summed E-state index contributed by atoms with van der Waals surface area (Å²) in [6, 6.07) is 3.41. The minimum absolute atomic E-state index is 0.336. The summed E-state index contributed by atoms with van der Waals surface area (Å²) in [5, 5.41) is 11.9. The maximum Gasteiger partial charge on any atom is 0.329 e. The van der Waals surface area contributed by atoms with E-state index >= 15 is 0 Å². The molecule has 1 heterocycles. The van der Waals surface area contributed by atoms with Crippen LogP contribution in [0.2, 0.25) is 0 Å². The van der Waals surface area contributed by atoms with Crippen molar-refractivity contribution in [1.29, 1.82) is 0 Å². The fourth-order valence-corrected chi connectivity index (χ4v) is 1.99. The summed E-state index contributed by atoms with van der Waals surface area (Å²) in [5.41, 5.74) is 0.626. The standard InChI is InChI=1S/C14H20N2O3/c1-5-14(6-2,13(18)19)16-12(17)11-8-7-9(3)15-10(11)4/h7-8H,5-6H2,1-4H3,(H,16,17)(H,18,19). The Balaban J connectivity index is 3.04. The van der Waals surface area contributed by atoms with Crippen molar-refractivity contribution in [2.45, 2.75) is 46.1 Å². The van der Waals surface area contributed by atoms with Crippen molar-refractivity contribution in [3.05, 3.63) is 29.1 Å². The molecule has 0 aliphatic heterocycles. The monoisotopic (exact) mass is 264 g/mol. The number of hydrogen-bond acceptors (Lipinski definition) is 3. The van der Waals surface area contributed by atoms with Gasteiger partial charge in [-0.05, 0) is 38.8 Å². The Labute approximate surface area is 113 Å². The largest absolute Gasteiger partial charge is 0.480 e. The number of carbonyl (C=O) groups excluding carboxylic acids is 1. The second-order valence-corrected chi connectivity index (χ2v) is 4.63. The van der Waals surface area contributed by atoms with Crippen LogP contribution in [0.4, 0.5) is 0 Å². The van der Waals surface area contributed by atoms with Gasteiger partial charge in [0.25, 0.3) is 5.91 Å². The average Bonchev–Trinajstić information content (AvgIpc) is 2.35. The number of rotatable bonds is 5. The second-order valence-electron chi connectivity index (χ2n) is 4.63. The van der Waals surface area contributed by atoms with Crippen LogP contribution in [0.1, 0.15) is 48.4 Å². The van der Waals surface area contributed by atoms with Gasteiger partial charge < -0.3 is 10.4 Å². The highest BCUT2D eigenvalue weighted by atomic mass is 16.4. The summed E-state index contributed by atoms with van der Waals surface area (Å²) in [6.45, 7) is 7.08. The third kappa shape index (κ3) is 3.10. The minimum Gasteiger partial charge on any atom is -0.480 e. The Morgan fingerprint density at radius 1 is 1.26 bits per heavy atom. The average molecular weight is 264 g/mol. The molecule has 1 aromatic heterocycles. The highest BCUT2D eigenvalue weighted by Gasteiger charge is 2.36. The van der Waals surface area contributed by atoms with Crippen LogP contribution in [0.5, 0.6) is 0 Å². The third-order valence-electron chi connectivity index (χ3n) is 3.44. The Bertz CT molecular complexity index is 493. The maximum atomic E-state index is 12.2. The first-order valence-electron chi connectivity index (χ1n) is 6.36. The van der Waals surface area contributed by atoms with Crippen molar-refractivity contribution in [3.8, 4) is 0 Å². The van der Waals surface area contributed by atoms with E-state index in [0.717, 1.165) is 5.69 Å². The molecular weight excluding hydrogens is 244 g/mol. The van der Waals surface area contributed by atoms with E-state index in [1.165, 1.54) is 0 Å². The van der Waals surface area contributed by atoms with Gasteiger partial charge >= 0.3 is 5.97 Å². The molecule has 104 valence electrons. The number of aryl methyl sites for hydroxylation is 2. The Morgan fingerprint density at radius 2 is 1.84 bits per heavy atom. The van der Waals surface area contributed by atoms with Crippen LogP contribution in [0.25, 0.3) is 0 Å². The highest BCUT2D eigenvalue weighted by Crippen LogP contribution is 2.17. The van der Waals surface area contributed by atoms with E-state index in [9.17, 15) is 14.7 Å². The number of nitrogens with one attached hydrogen (secondary N) is 1. The topological polar surface area (TPSA) is 79.3 Å². The number of hydrogen-bond donors (Lipinski definition) is 2. The third-order valence-corrected chi connectivity index (χ3v) is 3.44. The number of carboxylic acids is 1. The molecule has 2 N–H and O–H groups in total. The fourth-order valence-electron chi connectivity index (χ4n) is 1.99. The lowest BCUT2D eigenvalue weighted by molar-refractivity contribution is -0.144. The molecule has 0 unspecified atom stereocenters. The molecule has 0 aliphatic rings. The molecule has 0 saturated carbocycles. The molecule has 0 bridgehead atoms. The second kappa shape index (κ2) is 5.82. The molecule has 0 aliphatic carbocycles. The van der Waals surface area contributed by atoms with E-state index in [4.69, 9.17) is 0 Å². The van der Waals surface area contributed by atoms with Gasteiger partial charge in [0.2, 0.25) is 0 Å². The zero-order valence-corrected chi connectivity index (χ0v) is 11.8. The van der Waals surface area contributed by atoms with E-state index in [1.54, 1.807) is 32.9 Å². The summed E-state index contributed by atoms with van der Waals surface area (Å²) in [4.78, 5) is 27.8. The van der Waals surface area contributed by atoms with Gasteiger partial charge in [-0.1, -0.05) is 13.8 Å². The number of aliphatic carboxylic acids is 1. The van der Waals surface area contributed by atoms with Crippen LogP contribution in [-0.2, 0) is 4.79 Å². The number of amides is 1. The Morgan fingerprint density at radius 3 is 2.26 bits per heavy atom. The first-order valence-corrected chi connectivity index (χ1v) is 6.36. The number of pyridine rings is 1. The smallest absolute Gasteiger partial charge is 0.329 e. The first kappa shape index (κ1) is 15.1. The van der Waals surface area contributed by atoms with Gasteiger partial charge in [0, 0.05) is 5.69 Å². The van der Waals surface area contributed by atoms with E-state index < -0.39 is 17.4 Å². The molecule has 5 nitrogen and oxygen atoms in total. The summed E-state index contributed by atoms with van der Waals surface area (Å²) < 4.78 is 0. The lowest BCUT2D eigenvalue weighted by atomic mass is 9.92. The summed E-state index contributed by atoms with van der Waals surface area (Å²) in [7, 11) is 0. The summed E-state index contributed by atoms with van der Waals surface area (Å²) in [5.74, 6) is -1.40. The predicted octanol–water partition coefficient (Wildman–Crippen LogP) is 2.07. The SMILES string of the molecule is CCC(CC)(NC(=O)c1ccc(C)nc1C)C(=O)O. The molecule has 0 radical (unpaired) electrons. The molecule has 0 spiro atoms. The molecule has 0 aromatic carbocycles. The normalized spacial score (nSPS) is 11.2. The molecule has 1 amide bonds. The van der Waals surface area contributed by atoms with E-state index in [0.29, 0.717) is 24.1 Å². The van der Waals surface area contributed by atoms with E-state index in [2.05, 4.69) is 10.3 Å². The van der Waals surface area contributed by atoms with Gasteiger partial charge in [-0.3, -0.25) is 9.78 Å². The van der Waals surface area contributed by atoms with Gasteiger partial charge in [0.15, 0.2) is 0 Å². The molecule has 1 rings (SSSR count). The van der Waals surface area contributed by atoms with Crippen molar-refractivity contribution in [2.24, 2.45) is 0 Å². The molecule has 5 heteroatoms. The molecule has 1 aromatic rings. The quantitative estimate of drug-likeness (QED) is 0.853. The zero-order chi connectivity index (χ0) is 14.6. The van der Waals surface area contributed by atoms with Crippen LogP contribution in [-0.4, -0.2) is 27.5 Å². The highest BCUT2D eigenvalue weighted by molar-refractivity contribution is 5.98. The maximum absolute atomic E-state index is 12.2. The van der Waals surface area contributed by atoms with E-state index in [1.807, 2.05) is 6.92 Å². The van der Waals surface area contributed by atoms with Crippen LogP contribution in [0.3, 0.4) is 0 Å². The van der Waals surface area contributed by atoms with Gasteiger partial charge in [-0.25, -0.2) is 4.79 Å². The van der Waals surface area contributed by atoms with Gasteiger partial charge in [0.05, 0.1) is 11.3 Å². The molecule has 19 heavy (non-hydrogen) atoms. The number of aromatic nitrogens is 1. The number of nitrogens with zero attached hydrogens (tertiary/aromatic N) is 1. The fraction of sp³-hybridized carbons (Fsp3) is 0.500. The summed E-state index contributed by atoms with van der Waals surface area (Å²) >= 11 is 0. The van der Waals surface area contributed by atoms with E-state index in [-0.39, 0.29) is 0 Å². The molecule has 0 fully saturated rings. The molecule has 0 saturated heterocycles.